The normalized spacial score (nSPS) is 25.0. The van der Waals surface area contributed by atoms with Gasteiger partial charge in [-0.25, -0.2) is 4.79 Å². The quantitative estimate of drug-likeness (QED) is 0.795. The second kappa shape index (κ2) is 9.25. The number of amides is 2. The van der Waals surface area contributed by atoms with Gasteiger partial charge in [0.25, 0.3) is 0 Å². The highest BCUT2D eigenvalue weighted by atomic mass is 16.5. The first-order chi connectivity index (χ1) is 14.6. The Morgan fingerprint density at radius 2 is 1.97 bits per heavy atom. The van der Waals surface area contributed by atoms with E-state index in [0.29, 0.717) is 24.2 Å². The molecule has 7 heteroatoms. The smallest absolute Gasteiger partial charge is 0.411 e. The largest absolute Gasteiger partial charge is 0.449 e. The number of nitrogens with one attached hydrogen (secondary N) is 1. The lowest BCUT2D eigenvalue weighted by molar-refractivity contribution is -0.139. The predicted molar refractivity (Wildman–Crippen MR) is 116 cm³/mol. The number of carbonyl (C=O) groups is 2. The monoisotopic (exact) mass is 415 g/mol. The van der Waals surface area contributed by atoms with E-state index in [1.165, 1.54) is 0 Å². The van der Waals surface area contributed by atoms with Gasteiger partial charge in [0, 0.05) is 50.3 Å². The summed E-state index contributed by atoms with van der Waals surface area (Å²) in [5.74, 6) is 0.344. The van der Waals surface area contributed by atoms with Crippen molar-refractivity contribution in [1.29, 1.82) is 0 Å². The fraction of sp³-hybridized carbons (Fsp3) is 0.652. The fourth-order valence-electron chi connectivity index (χ4n) is 5.03. The van der Waals surface area contributed by atoms with Crippen LogP contribution in [0.1, 0.15) is 45.4 Å². The molecular formula is C23H33N3O4. The summed E-state index contributed by atoms with van der Waals surface area (Å²) < 4.78 is 10.5. The van der Waals surface area contributed by atoms with Crippen LogP contribution in [0, 0.1) is 5.41 Å². The lowest BCUT2D eigenvalue weighted by Crippen LogP contribution is -2.50. The van der Waals surface area contributed by atoms with Crippen LogP contribution in [0.15, 0.2) is 24.3 Å². The maximum atomic E-state index is 13.4. The summed E-state index contributed by atoms with van der Waals surface area (Å²) in [6, 6.07) is 8.18. The van der Waals surface area contributed by atoms with E-state index in [0.717, 1.165) is 77.1 Å². The van der Waals surface area contributed by atoms with Gasteiger partial charge in [-0.2, -0.15) is 0 Å². The maximum Gasteiger partial charge on any atom is 0.411 e. The van der Waals surface area contributed by atoms with Crippen LogP contribution in [0.25, 0.3) is 0 Å². The number of benzene rings is 1. The number of piperidine rings is 1. The van der Waals surface area contributed by atoms with Gasteiger partial charge in [0.05, 0.1) is 12.0 Å². The Balaban J connectivity index is 1.39. The highest BCUT2D eigenvalue weighted by Gasteiger charge is 2.50. The van der Waals surface area contributed by atoms with Gasteiger partial charge in [-0.3, -0.25) is 10.1 Å². The molecule has 4 rings (SSSR count). The van der Waals surface area contributed by atoms with Crippen molar-refractivity contribution in [3.8, 4) is 0 Å². The first-order valence-electron chi connectivity index (χ1n) is 11.3. The van der Waals surface area contributed by atoms with Crippen LogP contribution in [0.5, 0.6) is 0 Å². The number of hydrogen-bond acceptors (Lipinski definition) is 5. The van der Waals surface area contributed by atoms with E-state index in [1.807, 2.05) is 31.2 Å². The molecule has 0 saturated carbocycles. The summed E-state index contributed by atoms with van der Waals surface area (Å²) in [5, 5.41) is 2.75. The van der Waals surface area contributed by atoms with Gasteiger partial charge >= 0.3 is 6.09 Å². The average Bonchev–Trinajstić information content (AvgIpc) is 3.09. The van der Waals surface area contributed by atoms with E-state index in [-0.39, 0.29) is 5.41 Å². The Morgan fingerprint density at radius 1 is 1.20 bits per heavy atom. The third-order valence-corrected chi connectivity index (χ3v) is 6.67. The molecule has 0 bridgehead atoms. The minimum Gasteiger partial charge on any atom is -0.449 e. The Kier molecular flexibility index (Phi) is 6.46. The van der Waals surface area contributed by atoms with E-state index in [2.05, 4.69) is 15.1 Å². The summed E-state index contributed by atoms with van der Waals surface area (Å²) >= 11 is 0. The van der Waals surface area contributed by atoms with Gasteiger partial charge in [-0.15, -0.1) is 0 Å². The number of anilines is 2. The van der Waals surface area contributed by atoms with Crippen LogP contribution in [0.2, 0.25) is 0 Å². The van der Waals surface area contributed by atoms with Gasteiger partial charge in [0.15, 0.2) is 0 Å². The molecule has 3 heterocycles. The SMILES string of the molecule is CCCOC(=O)Nc1ccc(N2CCC[C@]3(CCN(C4CCOCC4)C3=O)C2)cc1. The number of ether oxygens (including phenoxy) is 2. The van der Waals surface area contributed by atoms with Crippen LogP contribution in [-0.4, -0.2) is 62.4 Å². The zero-order valence-corrected chi connectivity index (χ0v) is 17.9. The number of hydrogen-bond donors (Lipinski definition) is 1. The summed E-state index contributed by atoms with van der Waals surface area (Å²) in [6.07, 6.45) is 5.24. The third kappa shape index (κ3) is 4.41. The number of rotatable bonds is 5. The highest BCUT2D eigenvalue weighted by molar-refractivity contribution is 5.86. The molecule has 3 aliphatic rings. The van der Waals surface area contributed by atoms with Crippen molar-refractivity contribution in [1.82, 2.24) is 4.90 Å². The third-order valence-electron chi connectivity index (χ3n) is 6.67. The Hall–Kier alpha value is -2.28. The van der Waals surface area contributed by atoms with Crippen LogP contribution in [0.4, 0.5) is 16.2 Å². The molecule has 1 aromatic rings. The summed E-state index contributed by atoms with van der Waals surface area (Å²) in [4.78, 5) is 29.6. The van der Waals surface area contributed by atoms with Gasteiger partial charge in [-0.1, -0.05) is 6.92 Å². The maximum absolute atomic E-state index is 13.4. The standard InChI is InChI=1S/C23H33N3O4/c1-2-14-30-22(28)24-18-4-6-19(7-5-18)25-12-3-10-23(17-25)11-13-26(21(23)27)20-8-15-29-16-9-20/h4-7,20H,2-3,8-17H2,1H3,(H,24,28)/t23-/m0/s1. The van der Waals surface area contributed by atoms with Crippen LogP contribution < -0.4 is 10.2 Å². The van der Waals surface area contributed by atoms with Crippen molar-refractivity contribution in [2.75, 3.05) is 49.7 Å². The molecule has 3 aliphatic heterocycles. The second-order valence-electron chi connectivity index (χ2n) is 8.71. The van der Waals surface area contributed by atoms with Gasteiger partial charge < -0.3 is 19.3 Å². The van der Waals surface area contributed by atoms with Crippen molar-refractivity contribution < 1.29 is 19.1 Å². The average molecular weight is 416 g/mol. The fourth-order valence-corrected chi connectivity index (χ4v) is 5.03. The summed E-state index contributed by atoms with van der Waals surface area (Å²) in [5.41, 5.74) is 1.56. The molecule has 1 N–H and O–H groups in total. The van der Waals surface area contributed by atoms with Gasteiger partial charge in [0.2, 0.25) is 5.91 Å². The van der Waals surface area contributed by atoms with E-state index < -0.39 is 6.09 Å². The Bertz CT molecular complexity index is 747. The molecule has 164 valence electrons. The van der Waals surface area contributed by atoms with E-state index in [1.54, 1.807) is 0 Å². The van der Waals surface area contributed by atoms with Crippen LogP contribution in [-0.2, 0) is 14.3 Å². The minimum atomic E-state index is -0.425. The number of carbonyl (C=O) groups excluding carboxylic acids is 2. The molecule has 3 saturated heterocycles. The van der Waals surface area contributed by atoms with Crippen molar-refractivity contribution in [3.05, 3.63) is 24.3 Å². The highest BCUT2D eigenvalue weighted by Crippen LogP contribution is 2.43. The molecule has 30 heavy (non-hydrogen) atoms. The van der Waals surface area contributed by atoms with Crippen molar-refractivity contribution in [3.63, 3.8) is 0 Å². The molecule has 2 amide bonds. The van der Waals surface area contributed by atoms with Gasteiger partial charge in [0.1, 0.15) is 0 Å². The second-order valence-corrected chi connectivity index (χ2v) is 8.71. The van der Waals surface area contributed by atoms with Gasteiger partial charge in [-0.05, 0) is 62.8 Å². The zero-order chi connectivity index (χ0) is 21.0. The first-order valence-corrected chi connectivity index (χ1v) is 11.3. The molecule has 1 aromatic carbocycles. The van der Waals surface area contributed by atoms with E-state index in [4.69, 9.17) is 9.47 Å². The molecule has 0 aromatic heterocycles. The summed E-state index contributed by atoms with van der Waals surface area (Å²) in [7, 11) is 0. The van der Waals surface area contributed by atoms with Crippen molar-refractivity contribution in [2.24, 2.45) is 5.41 Å². The predicted octanol–water partition coefficient (Wildman–Crippen LogP) is 3.64. The Labute approximate surface area is 178 Å². The van der Waals surface area contributed by atoms with Crippen molar-refractivity contribution in [2.45, 2.75) is 51.5 Å². The first kappa shape index (κ1) is 21.0. The molecule has 3 fully saturated rings. The van der Waals surface area contributed by atoms with Crippen molar-refractivity contribution >= 4 is 23.4 Å². The molecule has 0 radical (unpaired) electrons. The lowest BCUT2D eigenvalue weighted by Gasteiger charge is -2.41. The zero-order valence-electron chi connectivity index (χ0n) is 17.9. The Morgan fingerprint density at radius 3 is 2.70 bits per heavy atom. The number of likely N-dealkylation sites (tertiary alicyclic amines) is 1. The molecule has 0 unspecified atom stereocenters. The van der Waals surface area contributed by atoms with Crippen LogP contribution >= 0.6 is 0 Å². The summed E-state index contributed by atoms with van der Waals surface area (Å²) in [6.45, 7) is 6.51. The topological polar surface area (TPSA) is 71.1 Å². The molecule has 1 atom stereocenters. The number of nitrogens with zero attached hydrogens (tertiary/aromatic N) is 2. The van der Waals surface area contributed by atoms with E-state index in [9.17, 15) is 9.59 Å². The molecule has 0 aliphatic carbocycles. The molecule has 7 nitrogen and oxygen atoms in total. The molecule has 1 spiro atoms. The molecular weight excluding hydrogens is 382 g/mol. The van der Waals surface area contributed by atoms with E-state index >= 15 is 0 Å². The minimum absolute atomic E-state index is 0.253. The lowest BCUT2D eigenvalue weighted by atomic mass is 9.78. The van der Waals surface area contributed by atoms with Crippen LogP contribution in [0.3, 0.4) is 0 Å².